The van der Waals surface area contributed by atoms with Crippen molar-refractivity contribution < 1.29 is 9.85 Å². The molecule has 2 aliphatic rings. The number of nitro benzene ring substituents is 2. The van der Waals surface area contributed by atoms with Crippen molar-refractivity contribution in [3.63, 3.8) is 0 Å². The van der Waals surface area contributed by atoms with Crippen LogP contribution in [0.4, 0.5) is 17.1 Å². The lowest BCUT2D eigenvalue weighted by Gasteiger charge is -2.38. The first-order chi connectivity index (χ1) is 12.5. The topological polar surface area (TPSA) is 98.3 Å². The molecule has 0 spiro atoms. The van der Waals surface area contributed by atoms with Gasteiger partial charge in [0.05, 0.1) is 15.9 Å². The molecule has 1 aliphatic heterocycles. The highest BCUT2D eigenvalue weighted by Crippen LogP contribution is 2.51. The van der Waals surface area contributed by atoms with E-state index in [1.807, 2.05) is 6.92 Å². The van der Waals surface area contributed by atoms with Gasteiger partial charge in [-0.2, -0.15) is 0 Å². The van der Waals surface area contributed by atoms with Crippen molar-refractivity contribution in [2.75, 3.05) is 5.32 Å². The lowest BCUT2D eigenvalue weighted by molar-refractivity contribution is -0.385. The SMILES string of the molecule is Cc1cc([N+](=O)[O-])cc2c1N[C@H](c1ccc([N+](=O)[O-])cc1)[C@H]1CC=C[C@H]21. The molecule has 0 amide bonds. The molecule has 0 aromatic heterocycles. The Morgan fingerprint density at radius 3 is 2.38 bits per heavy atom. The number of fused-ring (bicyclic) bond motifs is 3. The zero-order chi connectivity index (χ0) is 18.4. The molecule has 0 unspecified atom stereocenters. The van der Waals surface area contributed by atoms with Crippen LogP contribution >= 0.6 is 0 Å². The van der Waals surface area contributed by atoms with E-state index in [9.17, 15) is 20.2 Å². The van der Waals surface area contributed by atoms with Crippen LogP contribution in [0.3, 0.4) is 0 Å². The van der Waals surface area contributed by atoms with Gasteiger partial charge in [0.1, 0.15) is 0 Å². The molecule has 0 radical (unpaired) electrons. The third kappa shape index (κ3) is 2.52. The molecule has 1 heterocycles. The van der Waals surface area contributed by atoms with Gasteiger partial charge in [0.15, 0.2) is 0 Å². The molecule has 0 fully saturated rings. The van der Waals surface area contributed by atoms with Crippen molar-refractivity contribution in [1.82, 2.24) is 0 Å². The Kier molecular flexibility index (Phi) is 3.72. The summed E-state index contributed by atoms with van der Waals surface area (Å²) in [4.78, 5) is 21.3. The van der Waals surface area contributed by atoms with Crippen LogP contribution in [0.1, 0.15) is 35.1 Å². The maximum atomic E-state index is 11.2. The molecule has 0 bridgehead atoms. The van der Waals surface area contributed by atoms with Gasteiger partial charge in [-0.05, 0) is 36.0 Å². The Morgan fingerprint density at radius 2 is 1.73 bits per heavy atom. The number of benzene rings is 2. The minimum absolute atomic E-state index is 0.00320. The molecule has 4 rings (SSSR count). The number of anilines is 1. The molecule has 132 valence electrons. The summed E-state index contributed by atoms with van der Waals surface area (Å²) in [7, 11) is 0. The molecule has 0 saturated carbocycles. The highest BCUT2D eigenvalue weighted by molar-refractivity contribution is 5.67. The summed E-state index contributed by atoms with van der Waals surface area (Å²) in [6, 6.07) is 9.86. The van der Waals surface area contributed by atoms with E-state index in [1.165, 1.54) is 12.1 Å². The fourth-order valence-electron chi connectivity index (χ4n) is 4.11. The van der Waals surface area contributed by atoms with Gasteiger partial charge in [-0.25, -0.2) is 0 Å². The largest absolute Gasteiger partial charge is 0.377 e. The minimum Gasteiger partial charge on any atom is -0.377 e. The van der Waals surface area contributed by atoms with Crippen LogP contribution < -0.4 is 5.32 Å². The summed E-state index contributed by atoms with van der Waals surface area (Å²) < 4.78 is 0. The van der Waals surface area contributed by atoms with Gasteiger partial charge in [-0.3, -0.25) is 20.2 Å². The van der Waals surface area contributed by atoms with Gasteiger partial charge in [0.25, 0.3) is 11.4 Å². The van der Waals surface area contributed by atoms with Gasteiger partial charge in [0.2, 0.25) is 0 Å². The smallest absolute Gasteiger partial charge is 0.270 e. The van der Waals surface area contributed by atoms with Crippen molar-refractivity contribution in [2.24, 2.45) is 5.92 Å². The first kappa shape index (κ1) is 16.3. The Balaban J connectivity index is 1.77. The first-order valence-corrected chi connectivity index (χ1v) is 8.42. The molecular weight excluding hydrogens is 334 g/mol. The van der Waals surface area contributed by atoms with Crippen LogP contribution in [0.2, 0.25) is 0 Å². The highest BCUT2D eigenvalue weighted by Gasteiger charge is 2.39. The molecule has 0 saturated heterocycles. The first-order valence-electron chi connectivity index (χ1n) is 8.42. The van der Waals surface area contributed by atoms with Crippen LogP contribution in [-0.2, 0) is 0 Å². The van der Waals surface area contributed by atoms with Gasteiger partial charge in [0, 0.05) is 35.9 Å². The number of nitrogens with one attached hydrogen (secondary N) is 1. The third-order valence-electron chi connectivity index (χ3n) is 5.32. The standard InChI is InChI=1S/C19H17N3O4/c1-11-9-14(22(25)26)10-17-15-3-2-4-16(15)19(20-18(11)17)12-5-7-13(8-6-12)21(23)24/h2-3,5-10,15-16,19-20H,4H2,1H3/t15-,16-,19+/m0/s1. The average molecular weight is 351 g/mol. The molecule has 1 aliphatic carbocycles. The Hall–Kier alpha value is -3.22. The summed E-state index contributed by atoms with van der Waals surface area (Å²) in [5.41, 5.74) is 3.87. The predicted molar refractivity (Wildman–Crippen MR) is 97.3 cm³/mol. The van der Waals surface area contributed by atoms with E-state index in [2.05, 4.69) is 17.5 Å². The van der Waals surface area contributed by atoms with E-state index in [4.69, 9.17) is 0 Å². The lowest BCUT2D eigenvalue weighted by Crippen LogP contribution is -2.29. The number of nitro groups is 2. The lowest BCUT2D eigenvalue weighted by atomic mass is 9.76. The van der Waals surface area contributed by atoms with Crippen molar-refractivity contribution in [2.45, 2.75) is 25.3 Å². The molecule has 3 atom stereocenters. The Bertz CT molecular complexity index is 937. The van der Waals surface area contributed by atoms with E-state index in [-0.39, 0.29) is 34.2 Å². The second kappa shape index (κ2) is 5.94. The van der Waals surface area contributed by atoms with E-state index < -0.39 is 4.92 Å². The summed E-state index contributed by atoms with van der Waals surface area (Å²) >= 11 is 0. The van der Waals surface area contributed by atoms with Gasteiger partial charge in [-0.1, -0.05) is 24.3 Å². The van der Waals surface area contributed by atoms with Crippen LogP contribution in [0.25, 0.3) is 0 Å². The summed E-state index contributed by atoms with van der Waals surface area (Å²) in [6.45, 7) is 1.87. The number of aryl methyl sites for hydroxylation is 1. The van der Waals surface area contributed by atoms with Crippen molar-refractivity contribution in [3.05, 3.63) is 85.5 Å². The van der Waals surface area contributed by atoms with Crippen molar-refractivity contribution in [3.8, 4) is 0 Å². The molecular formula is C19H17N3O4. The minimum atomic E-state index is -0.406. The average Bonchev–Trinajstić information content (AvgIpc) is 3.11. The fraction of sp³-hybridized carbons (Fsp3) is 0.263. The van der Waals surface area contributed by atoms with Gasteiger partial charge >= 0.3 is 0 Å². The third-order valence-corrected chi connectivity index (χ3v) is 5.32. The number of allylic oxidation sites excluding steroid dienone is 2. The van der Waals surface area contributed by atoms with Crippen molar-refractivity contribution >= 4 is 17.1 Å². The maximum Gasteiger partial charge on any atom is 0.270 e. The van der Waals surface area contributed by atoms with Gasteiger partial charge in [-0.15, -0.1) is 0 Å². The predicted octanol–water partition coefficient (Wildman–Crippen LogP) is 4.64. The number of non-ortho nitro benzene ring substituents is 2. The number of hydrogen-bond donors (Lipinski definition) is 1. The van der Waals surface area contributed by atoms with Crippen LogP contribution in [0.15, 0.2) is 48.6 Å². The number of nitrogens with zero attached hydrogens (tertiary/aromatic N) is 2. The maximum absolute atomic E-state index is 11.2. The monoisotopic (exact) mass is 351 g/mol. The van der Waals surface area contributed by atoms with Crippen molar-refractivity contribution in [1.29, 1.82) is 0 Å². The molecule has 1 N–H and O–H groups in total. The highest BCUT2D eigenvalue weighted by atomic mass is 16.6. The number of rotatable bonds is 3. The molecule has 7 heteroatoms. The Labute approximate surface area is 149 Å². The second-order valence-corrected chi connectivity index (χ2v) is 6.81. The fourth-order valence-corrected chi connectivity index (χ4v) is 4.11. The molecule has 7 nitrogen and oxygen atoms in total. The second-order valence-electron chi connectivity index (χ2n) is 6.81. The zero-order valence-electron chi connectivity index (χ0n) is 14.1. The van der Waals surface area contributed by atoms with E-state index in [0.29, 0.717) is 0 Å². The van der Waals surface area contributed by atoms with E-state index in [1.54, 1.807) is 24.3 Å². The summed E-state index contributed by atoms with van der Waals surface area (Å²) in [6.07, 6.45) is 5.09. The van der Waals surface area contributed by atoms with Crippen LogP contribution in [-0.4, -0.2) is 9.85 Å². The van der Waals surface area contributed by atoms with E-state index >= 15 is 0 Å². The molecule has 26 heavy (non-hydrogen) atoms. The summed E-state index contributed by atoms with van der Waals surface area (Å²) in [5, 5.41) is 25.6. The van der Waals surface area contributed by atoms with E-state index in [0.717, 1.165) is 28.8 Å². The quantitative estimate of drug-likeness (QED) is 0.493. The van der Waals surface area contributed by atoms with Crippen LogP contribution in [0.5, 0.6) is 0 Å². The van der Waals surface area contributed by atoms with Crippen LogP contribution in [0, 0.1) is 33.1 Å². The summed E-state index contributed by atoms with van der Waals surface area (Å²) in [5.74, 6) is 0.329. The number of hydrogen-bond acceptors (Lipinski definition) is 5. The molecule has 2 aromatic rings. The molecule has 2 aromatic carbocycles. The zero-order valence-corrected chi connectivity index (χ0v) is 14.1. The normalized spacial score (nSPS) is 23.0. The Morgan fingerprint density at radius 1 is 1.04 bits per heavy atom. The van der Waals surface area contributed by atoms with Gasteiger partial charge < -0.3 is 5.32 Å².